The van der Waals surface area contributed by atoms with Gasteiger partial charge < -0.3 is 10.1 Å². The quantitative estimate of drug-likeness (QED) is 0.906. The summed E-state index contributed by atoms with van der Waals surface area (Å²) in [5.41, 5.74) is 1.67. The molecule has 0 aromatic heterocycles. The van der Waals surface area contributed by atoms with Gasteiger partial charge in [0.2, 0.25) is 0 Å². The number of thioether (sulfide) groups is 1. The Morgan fingerprint density at radius 3 is 3.00 bits per heavy atom. The predicted octanol–water partition coefficient (Wildman–Crippen LogP) is 2.86. The van der Waals surface area contributed by atoms with Gasteiger partial charge in [-0.05, 0) is 38.3 Å². The van der Waals surface area contributed by atoms with Crippen LogP contribution in [-0.2, 0) is 11.2 Å². The fourth-order valence-corrected chi connectivity index (χ4v) is 4.03. The molecular weight excluding hydrogens is 242 g/mol. The van der Waals surface area contributed by atoms with Crippen LogP contribution in [-0.4, -0.2) is 30.0 Å². The highest BCUT2D eigenvalue weighted by atomic mass is 32.2. The van der Waals surface area contributed by atoms with E-state index in [0.717, 1.165) is 19.6 Å². The maximum absolute atomic E-state index is 5.68. The third-order valence-corrected chi connectivity index (χ3v) is 5.65. The van der Waals surface area contributed by atoms with Gasteiger partial charge in [0.1, 0.15) is 0 Å². The van der Waals surface area contributed by atoms with E-state index in [1.165, 1.54) is 16.9 Å². The van der Waals surface area contributed by atoms with Crippen molar-refractivity contribution in [3.63, 3.8) is 0 Å². The second-order valence-corrected chi connectivity index (χ2v) is 6.96. The molecule has 0 amide bonds. The van der Waals surface area contributed by atoms with E-state index in [-0.39, 0.29) is 5.54 Å². The van der Waals surface area contributed by atoms with E-state index in [1.54, 1.807) is 0 Å². The van der Waals surface area contributed by atoms with Crippen LogP contribution in [0.5, 0.6) is 0 Å². The van der Waals surface area contributed by atoms with Gasteiger partial charge in [0.15, 0.2) is 0 Å². The summed E-state index contributed by atoms with van der Waals surface area (Å²) in [6.45, 7) is 6.43. The van der Waals surface area contributed by atoms with Crippen molar-refractivity contribution in [2.24, 2.45) is 0 Å². The summed E-state index contributed by atoms with van der Waals surface area (Å²) < 4.78 is 5.68. The predicted molar refractivity (Wildman–Crippen MR) is 76.2 cm³/mol. The SMILES string of the molecule is CC1OCCC1(C)NCC1Cc2ccccc2S1. The average Bonchev–Trinajstić information content (AvgIpc) is 2.92. The van der Waals surface area contributed by atoms with Gasteiger partial charge >= 0.3 is 0 Å². The molecule has 0 spiro atoms. The number of rotatable bonds is 3. The monoisotopic (exact) mass is 263 g/mol. The zero-order valence-corrected chi connectivity index (χ0v) is 11.9. The van der Waals surface area contributed by atoms with Crippen LogP contribution >= 0.6 is 11.8 Å². The maximum atomic E-state index is 5.68. The van der Waals surface area contributed by atoms with Crippen LogP contribution in [0.4, 0.5) is 0 Å². The fourth-order valence-electron chi connectivity index (χ4n) is 2.78. The molecular formula is C15H21NOS. The first-order valence-corrected chi connectivity index (χ1v) is 7.66. The minimum atomic E-state index is 0.162. The number of nitrogens with one attached hydrogen (secondary N) is 1. The second-order valence-electron chi connectivity index (χ2n) is 5.61. The van der Waals surface area contributed by atoms with Crippen molar-refractivity contribution in [2.75, 3.05) is 13.2 Å². The first kappa shape index (κ1) is 12.5. The van der Waals surface area contributed by atoms with Gasteiger partial charge in [0.05, 0.1) is 6.10 Å². The topological polar surface area (TPSA) is 21.3 Å². The molecule has 1 N–H and O–H groups in total. The van der Waals surface area contributed by atoms with Crippen molar-refractivity contribution < 1.29 is 4.74 Å². The van der Waals surface area contributed by atoms with E-state index in [2.05, 4.69) is 43.4 Å². The number of hydrogen-bond acceptors (Lipinski definition) is 3. The number of fused-ring (bicyclic) bond motifs is 1. The summed E-state index contributed by atoms with van der Waals surface area (Å²) in [7, 11) is 0. The third kappa shape index (κ3) is 2.31. The lowest BCUT2D eigenvalue weighted by atomic mass is 9.94. The van der Waals surface area contributed by atoms with Crippen molar-refractivity contribution >= 4 is 11.8 Å². The van der Waals surface area contributed by atoms with Crippen LogP contribution in [0.3, 0.4) is 0 Å². The van der Waals surface area contributed by atoms with E-state index < -0.39 is 0 Å². The molecule has 3 unspecified atom stereocenters. The van der Waals surface area contributed by atoms with E-state index in [0.29, 0.717) is 11.4 Å². The lowest BCUT2D eigenvalue weighted by Gasteiger charge is -2.30. The van der Waals surface area contributed by atoms with E-state index >= 15 is 0 Å². The number of benzene rings is 1. The average molecular weight is 263 g/mol. The first-order valence-electron chi connectivity index (χ1n) is 6.78. The number of hydrogen-bond donors (Lipinski definition) is 1. The highest BCUT2D eigenvalue weighted by Crippen LogP contribution is 2.37. The lowest BCUT2D eigenvalue weighted by molar-refractivity contribution is 0.0889. The zero-order chi connectivity index (χ0) is 12.6. The highest BCUT2D eigenvalue weighted by molar-refractivity contribution is 8.00. The molecule has 1 fully saturated rings. The smallest absolute Gasteiger partial charge is 0.0726 e. The van der Waals surface area contributed by atoms with Crippen molar-refractivity contribution in [2.45, 2.75) is 48.5 Å². The molecule has 0 radical (unpaired) electrons. The Kier molecular flexibility index (Phi) is 3.39. The molecule has 2 heterocycles. The summed E-state index contributed by atoms with van der Waals surface area (Å²) in [6.07, 6.45) is 2.64. The molecule has 1 aromatic carbocycles. The van der Waals surface area contributed by atoms with Gasteiger partial charge in [-0.3, -0.25) is 0 Å². The molecule has 3 heteroatoms. The first-order chi connectivity index (χ1) is 8.67. The Morgan fingerprint density at radius 2 is 2.28 bits per heavy atom. The van der Waals surface area contributed by atoms with Crippen LogP contribution in [0.2, 0.25) is 0 Å². The second kappa shape index (κ2) is 4.87. The summed E-state index contributed by atoms with van der Waals surface area (Å²) in [4.78, 5) is 1.46. The molecule has 0 aliphatic carbocycles. The van der Waals surface area contributed by atoms with E-state index in [9.17, 15) is 0 Å². The number of ether oxygens (including phenoxy) is 1. The minimum absolute atomic E-state index is 0.162. The summed E-state index contributed by atoms with van der Waals surface area (Å²) in [5, 5.41) is 4.41. The van der Waals surface area contributed by atoms with Gasteiger partial charge in [-0.2, -0.15) is 0 Å². The van der Waals surface area contributed by atoms with Gasteiger partial charge in [-0.25, -0.2) is 0 Å². The van der Waals surface area contributed by atoms with Crippen molar-refractivity contribution in [1.29, 1.82) is 0 Å². The molecule has 18 heavy (non-hydrogen) atoms. The van der Waals surface area contributed by atoms with Crippen molar-refractivity contribution in [1.82, 2.24) is 5.32 Å². The standard InChI is InChI=1S/C15H21NOS/c1-11-15(2,7-8-17-11)16-10-13-9-12-5-3-4-6-14(12)18-13/h3-6,11,13,16H,7-10H2,1-2H3. The molecule has 3 atom stereocenters. The third-order valence-electron chi connectivity index (χ3n) is 4.33. The summed E-state index contributed by atoms with van der Waals surface area (Å²) in [5.74, 6) is 0. The van der Waals surface area contributed by atoms with E-state index in [1.807, 2.05) is 11.8 Å². The summed E-state index contributed by atoms with van der Waals surface area (Å²) in [6, 6.07) is 8.77. The molecule has 3 rings (SSSR count). The summed E-state index contributed by atoms with van der Waals surface area (Å²) >= 11 is 2.02. The molecule has 98 valence electrons. The molecule has 0 bridgehead atoms. The lowest BCUT2D eigenvalue weighted by Crippen LogP contribution is -2.49. The van der Waals surface area contributed by atoms with Crippen molar-refractivity contribution in [3.8, 4) is 0 Å². The molecule has 1 aromatic rings. The normalized spacial score (nSPS) is 34.8. The molecule has 2 aliphatic rings. The van der Waals surface area contributed by atoms with Crippen LogP contribution in [0, 0.1) is 0 Å². The Labute approximate surface area is 113 Å². The van der Waals surface area contributed by atoms with Crippen LogP contribution in [0.25, 0.3) is 0 Å². The fraction of sp³-hybridized carbons (Fsp3) is 0.600. The largest absolute Gasteiger partial charge is 0.377 e. The van der Waals surface area contributed by atoms with E-state index in [4.69, 9.17) is 4.74 Å². The van der Waals surface area contributed by atoms with Gasteiger partial charge in [0.25, 0.3) is 0 Å². The van der Waals surface area contributed by atoms with Crippen LogP contribution in [0.1, 0.15) is 25.8 Å². The maximum Gasteiger partial charge on any atom is 0.0726 e. The van der Waals surface area contributed by atoms with Crippen LogP contribution < -0.4 is 5.32 Å². The Balaban J connectivity index is 1.57. The van der Waals surface area contributed by atoms with Crippen molar-refractivity contribution in [3.05, 3.63) is 29.8 Å². The molecule has 1 saturated heterocycles. The minimum Gasteiger partial charge on any atom is -0.377 e. The van der Waals surface area contributed by atoms with Gasteiger partial charge in [-0.15, -0.1) is 11.8 Å². The van der Waals surface area contributed by atoms with Gasteiger partial charge in [-0.1, -0.05) is 18.2 Å². The zero-order valence-electron chi connectivity index (χ0n) is 11.1. The molecule has 2 nitrogen and oxygen atoms in total. The Bertz CT molecular complexity index is 411. The molecule has 2 aliphatic heterocycles. The molecule has 0 saturated carbocycles. The Hall–Kier alpha value is -0.510. The van der Waals surface area contributed by atoms with Gasteiger partial charge in [0, 0.05) is 28.8 Å². The van der Waals surface area contributed by atoms with Crippen LogP contribution in [0.15, 0.2) is 29.2 Å². The Morgan fingerprint density at radius 1 is 1.44 bits per heavy atom. The highest BCUT2D eigenvalue weighted by Gasteiger charge is 2.37.